The summed E-state index contributed by atoms with van der Waals surface area (Å²) in [4.78, 5) is 12.0. The second-order valence-electron chi connectivity index (χ2n) is 8.66. The van der Waals surface area contributed by atoms with Gasteiger partial charge in [0.25, 0.3) is 0 Å². The molecule has 1 aromatic heterocycles. The number of hydrogen-bond donors (Lipinski definition) is 3. The Hall–Kier alpha value is -4.43. The van der Waals surface area contributed by atoms with Crippen LogP contribution < -0.4 is 0 Å². The fourth-order valence-corrected chi connectivity index (χ4v) is 4.65. The van der Waals surface area contributed by atoms with Crippen molar-refractivity contribution in [1.29, 1.82) is 0 Å². The van der Waals surface area contributed by atoms with E-state index >= 15 is 0 Å². The maximum atomic E-state index is 12.0. The van der Waals surface area contributed by atoms with E-state index in [9.17, 15) is 20.1 Å². The number of aromatic hydroxyl groups is 2. The molecular formula is C29H22BrN3O4. The Labute approximate surface area is 221 Å². The van der Waals surface area contributed by atoms with Crippen LogP contribution in [0.2, 0.25) is 0 Å². The SMILES string of the molecule is Cc1ccc(-n2c(O)c(N=Nc3c(C(=O)O)cccc3-c3ccccc3O)c3ccc(Br)cc32)cc1C. The first kappa shape index (κ1) is 24.3. The number of halogens is 1. The molecule has 0 bridgehead atoms. The van der Waals surface area contributed by atoms with Crippen LogP contribution >= 0.6 is 15.9 Å². The topological polar surface area (TPSA) is 107 Å². The highest BCUT2D eigenvalue weighted by Gasteiger charge is 2.21. The summed E-state index contributed by atoms with van der Waals surface area (Å²) in [5.41, 5.74) is 4.67. The Bertz CT molecular complexity index is 1720. The number of carboxylic acids is 1. The highest BCUT2D eigenvalue weighted by atomic mass is 79.9. The van der Waals surface area contributed by atoms with Gasteiger partial charge in [-0.1, -0.05) is 52.3 Å². The van der Waals surface area contributed by atoms with E-state index in [-0.39, 0.29) is 28.6 Å². The fraction of sp³-hybridized carbons (Fsp3) is 0.0690. The third-order valence-corrected chi connectivity index (χ3v) is 6.83. The van der Waals surface area contributed by atoms with Crippen molar-refractivity contribution in [2.24, 2.45) is 10.2 Å². The maximum Gasteiger partial charge on any atom is 0.337 e. The van der Waals surface area contributed by atoms with E-state index in [0.29, 0.717) is 22.0 Å². The number of para-hydroxylation sites is 1. The number of carboxylic acid groups (broad SMARTS) is 1. The first-order valence-corrected chi connectivity index (χ1v) is 12.2. The molecule has 0 atom stereocenters. The molecule has 37 heavy (non-hydrogen) atoms. The molecule has 0 saturated carbocycles. The maximum absolute atomic E-state index is 12.0. The molecule has 0 radical (unpaired) electrons. The third-order valence-electron chi connectivity index (χ3n) is 6.34. The highest BCUT2D eigenvalue weighted by molar-refractivity contribution is 9.10. The summed E-state index contributed by atoms with van der Waals surface area (Å²) in [6, 6.07) is 22.7. The predicted octanol–water partition coefficient (Wildman–Crippen LogP) is 8.20. The largest absolute Gasteiger partial charge is 0.507 e. The van der Waals surface area contributed by atoms with E-state index in [0.717, 1.165) is 21.3 Å². The van der Waals surface area contributed by atoms with Gasteiger partial charge in [-0.2, -0.15) is 0 Å². The Balaban J connectivity index is 1.74. The van der Waals surface area contributed by atoms with Crippen LogP contribution in [-0.4, -0.2) is 25.9 Å². The lowest BCUT2D eigenvalue weighted by Gasteiger charge is -2.10. The molecule has 5 aromatic rings. The molecule has 0 spiro atoms. The molecule has 0 aliphatic carbocycles. The van der Waals surface area contributed by atoms with E-state index < -0.39 is 5.97 Å². The molecular weight excluding hydrogens is 534 g/mol. The van der Waals surface area contributed by atoms with Gasteiger partial charge in [-0.05, 0) is 67.4 Å². The molecule has 0 aliphatic heterocycles. The van der Waals surface area contributed by atoms with E-state index in [2.05, 4.69) is 26.2 Å². The summed E-state index contributed by atoms with van der Waals surface area (Å²) < 4.78 is 2.51. The number of benzene rings is 4. The molecule has 7 nitrogen and oxygen atoms in total. The average Bonchev–Trinajstić information content (AvgIpc) is 3.14. The van der Waals surface area contributed by atoms with Gasteiger partial charge in [-0.25, -0.2) is 4.79 Å². The minimum atomic E-state index is -1.18. The molecule has 0 amide bonds. The summed E-state index contributed by atoms with van der Waals surface area (Å²) in [6.07, 6.45) is 0. The van der Waals surface area contributed by atoms with Gasteiger partial charge in [-0.15, -0.1) is 10.2 Å². The van der Waals surface area contributed by atoms with Gasteiger partial charge in [-0.3, -0.25) is 4.57 Å². The summed E-state index contributed by atoms with van der Waals surface area (Å²) >= 11 is 3.50. The van der Waals surface area contributed by atoms with Gasteiger partial charge in [0.2, 0.25) is 5.88 Å². The van der Waals surface area contributed by atoms with Crippen molar-refractivity contribution < 1.29 is 20.1 Å². The van der Waals surface area contributed by atoms with Crippen molar-refractivity contribution in [2.75, 3.05) is 0 Å². The second kappa shape index (κ2) is 9.55. The predicted molar refractivity (Wildman–Crippen MR) is 147 cm³/mol. The van der Waals surface area contributed by atoms with Gasteiger partial charge >= 0.3 is 5.97 Å². The molecule has 0 saturated heterocycles. The summed E-state index contributed by atoms with van der Waals surface area (Å²) in [5.74, 6) is -1.32. The Morgan fingerprint density at radius 3 is 2.27 bits per heavy atom. The number of hydrogen-bond acceptors (Lipinski definition) is 5. The minimum Gasteiger partial charge on any atom is -0.507 e. The lowest BCUT2D eigenvalue weighted by molar-refractivity contribution is 0.0697. The first-order chi connectivity index (χ1) is 17.8. The monoisotopic (exact) mass is 555 g/mol. The van der Waals surface area contributed by atoms with E-state index in [1.807, 2.05) is 50.2 Å². The average molecular weight is 556 g/mol. The number of phenols is 1. The number of aromatic carboxylic acids is 1. The second-order valence-corrected chi connectivity index (χ2v) is 9.58. The zero-order chi connectivity index (χ0) is 26.3. The number of phenolic OH excluding ortho intramolecular Hbond substituents is 1. The van der Waals surface area contributed by atoms with Gasteiger partial charge in [0.15, 0.2) is 5.69 Å². The van der Waals surface area contributed by atoms with E-state index in [1.54, 1.807) is 34.9 Å². The van der Waals surface area contributed by atoms with Crippen molar-refractivity contribution in [3.63, 3.8) is 0 Å². The third kappa shape index (κ3) is 4.36. The van der Waals surface area contributed by atoms with E-state index in [1.165, 1.54) is 12.1 Å². The molecule has 8 heteroatoms. The van der Waals surface area contributed by atoms with E-state index in [4.69, 9.17) is 0 Å². The number of azo groups is 1. The normalized spacial score (nSPS) is 11.4. The zero-order valence-corrected chi connectivity index (χ0v) is 21.6. The van der Waals surface area contributed by atoms with Crippen LogP contribution in [0.3, 0.4) is 0 Å². The molecule has 1 heterocycles. The molecule has 0 fully saturated rings. The lowest BCUT2D eigenvalue weighted by atomic mass is 9.99. The molecule has 184 valence electrons. The van der Waals surface area contributed by atoms with Gasteiger partial charge in [0, 0.05) is 26.7 Å². The van der Waals surface area contributed by atoms with Crippen LogP contribution in [-0.2, 0) is 0 Å². The van der Waals surface area contributed by atoms with Crippen molar-refractivity contribution in [2.45, 2.75) is 13.8 Å². The zero-order valence-electron chi connectivity index (χ0n) is 20.0. The van der Waals surface area contributed by atoms with Gasteiger partial charge < -0.3 is 15.3 Å². The molecule has 0 unspecified atom stereocenters. The number of aryl methyl sites for hydroxylation is 2. The molecule has 3 N–H and O–H groups in total. The summed E-state index contributed by atoms with van der Waals surface area (Å²) in [6.45, 7) is 4.02. The number of nitrogens with zero attached hydrogens (tertiary/aromatic N) is 3. The number of rotatable bonds is 5. The van der Waals surface area contributed by atoms with Gasteiger partial charge in [0.05, 0.1) is 11.1 Å². The van der Waals surface area contributed by atoms with Crippen molar-refractivity contribution >= 4 is 44.2 Å². The Kier molecular flexibility index (Phi) is 6.27. The quantitative estimate of drug-likeness (QED) is 0.190. The van der Waals surface area contributed by atoms with Crippen LogP contribution in [0.15, 0.2) is 93.6 Å². The van der Waals surface area contributed by atoms with Crippen LogP contribution in [0.25, 0.3) is 27.7 Å². The van der Waals surface area contributed by atoms with Crippen LogP contribution in [0, 0.1) is 13.8 Å². The lowest BCUT2D eigenvalue weighted by Crippen LogP contribution is -1.97. The van der Waals surface area contributed by atoms with Crippen molar-refractivity contribution in [3.05, 3.63) is 100 Å². The standard InChI is InChI=1S/C29H22BrN3O4/c1-16-10-12-19(14-17(16)2)33-24-15-18(30)11-13-22(24)27(28(33)35)32-31-26-21(7-5-8-23(26)29(36)37)20-6-3-4-9-25(20)34/h3-15,34-35H,1-2H3,(H,36,37). The van der Waals surface area contributed by atoms with Crippen molar-refractivity contribution in [1.82, 2.24) is 4.57 Å². The van der Waals surface area contributed by atoms with Crippen LogP contribution in [0.1, 0.15) is 21.5 Å². The fourth-order valence-electron chi connectivity index (χ4n) is 4.30. The van der Waals surface area contributed by atoms with Crippen molar-refractivity contribution in [3.8, 4) is 28.4 Å². The minimum absolute atomic E-state index is 0.0134. The number of fused-ring (bicyclic) bond motifs is 1. The Morgan fingerprint density at radius 1 is 0.811 bits per heavy atom. The van der Waals surface area contributed by atoms with Gasteiger partial charge in [0.1, 0.15) is 11.4 Å². The summed E-state index contributed by atoms with van der Waals surface area (Å²) in [7, 11) is 0. The van der Waals surface area contributed by atoms with Crippen LogP contribution in [0.4, 0.5) is 11.4 Å². The number of carbonyl (C=O) groups is 1. The molecule has 4 aromatic carbocycles. The first-order valence-electron chi connectivity index (χ1n) is 11.4. The van der Waals surface area contributed by atoms with Crippen LogP contribution in [0.5, 0.6) is 11.6 Å². The highest BCUT2D eigenvalue weighted by Crippen LogP contribution is 2.44. The number of aromatic nitrogens is 1. The molecule has 0 aliphatic rings. The Morgan fingerprint density at radius 2 is 1.54 bits per heavy atom. The molecule has 5 rings (SSSR count). The summed E-state index contributed by atoms with van der Waals surface area (Å²) in [5, 5.41) is 40.9. The smallest absolute Gasteiger partial charge is 0.337 e.